The van der Waals surface area contributed by atoms with Gasteiger partial charge in [-0.2, -0.15) is 0 Å². The number of β-amino-alcohol motifs (C(OH)–C–C–N with tert-alkyl or cyclic N) is 1. The third-order valence-electron chi connectivity index (χ3n) is 14.3. The van der Waals surface area contributed by atoms with Crippen molar-refractivity contribution >= 4 is 82.0 Å². The number of piperazine rings is 1. The van der Waals surface area contributed by atoms with Crippen LogP contribution in [0.25, 0.3) is 10.4 Å². The highest BCUT2D eigenvalue weighted by Crippen LogP contribution is 2.30. The van der Waals surface area contributed by atoms with Crippen LogP contribution in [0.15, 0.2) is 95.4 Å². The number of aliphatic hydroxyl groups excluding tert-OH is 1. The van der Waals surface area contributed by atoms with Gasteiger partial charge in [0.1, 0.15) is 29.4 Å². The number of halogens is 3. The number of thiazole rings is 1. The molecule has 0 unspecified atom stereocenters. The lowest BCUT2D eigenvalue weighted by Crippen LogP contribution is -2.59. The molecule has 0 radical (unpaired) electrons. The van der Waals surface area contributed by atoms with Crippen molar-refractivity contribution in [2.45, 2.75) is 78.1 Å². The molecule has 3 aliphatic rings. The number of aliphatic imine (C=N–C) groups is 1. The lowest BCUT2D eigenvalue weighted by Gasteiger charge is -2.40. The van der Waals surface area contributed by atoms with E-state index >= 15 is 0 Å². The zero-order chi connectivity index (χ0) is 55.0. The molecule has 5 amide bonds. The molecule has 0 saturated carbocycles. The number of aromatic nitrogens is 1. The van der Waals surface area contributed by atoms with Gasteiger partial charge in [-0.3, -0.25) is 33.8 Å². The standard InChI is InChI=1S/C56H68F2N12O6S.ClH/c1-34-50(77-33-62-34)38-9-5-36(6-10-38)29-61-53(75)47-26-42(71)31-70(47)54(76)51(56(2,3)4)66-49(73)32-67-19-17-37(18-20-67)30-68-21-23-69(24-22-68)41-15-13-39(14-16-41)63-48(72)25-35-7-11-40(12-8-35)64-52(74)43-27-45(58)46(28-44(43)57)65-55(59)60;/h5-16,27-28,33,37,42,47,51,71H,17-26,29-32H2,1-4H3,(H,61,75)(H,63,72)(H,64,74)(H,66,73)(H4,59,60,65);1H/t42-,47+,51-;/m1./s1. The van der Waals surface area contributed by atoms with Crippen LogP contribution in [-0.4, -0.2) is 137 Å². The summed E-state index contributed by atoms with van der Waals surface area (Å²) < 4.78 is 28.9. The summed E-state index contributed by atoms with van der Waals surface area (Å²) in [6.45, 7) is 14.1. The number of nitrogens with zero attached hydrogens (tertiary/aromatic N) is 6. The molecule has 9 N–H and O–H groups in total. The number of likely N-dealkylation sites (tertiary alicyclic amines) is 2. The molecule has 8 rings (SSSR count). The summed E-state index contributed by atoms with van der Waals surface area (Å²) in [5, 5.41) is 22.1. The zero-order valence-electron chi connectivity index (χ0n) is 44.3. The van der Waals surface area contributed by atoms with Crippen molar-refractivity contribution in [2.24, 2.45) is 27.8 Å². The van der Waals surface area contributed by atoms with Gasteiger partial charge in [-0.05, 0) is 103 Å². The van der Waals surface area contributed by atoms with Crippen molar-refractivity contribution in [3.8, 4) is 10.4 Å². The average Bonchev–Trinajstić information content (AvgIpc) is 4.03. The summed E-state index contributed by atoms with van der Waals surface area (Å²) in [7, 11) is 0. The van der Waals surface area contributed by atoms with Crippen LogP contribution in [0.2, 0.25) is 0 Å². The topological polar surface area (TPSA) is 244 Å². The molecule has 0 bridgehead atoms. The maximum absolute atomic E-state index is 14.6. The number of piperidine rings is 1. The quantitative estimate of drug-likeness (QED) is 0.0432. The number of carbonyl (C=O) groups excluding carboxylic acids is 5. The predicted octanol–water partition coefficient (Wildman–Crippen LogP) is 5.80. The van der Waals surface area contributed by atoms with Crippen LogP contribution in [0.4, 0.5) is 31.5 Å². The van der Waals surface area contributed by atoms with E-state index in [9.17, 15) is 37.9 Å². The van der Waals surface area contributed by atoms with Crippen molar-refractivity contribution in [2.75, 3.05) is 74.4 Å². The Bertz CT molecular complexity index is 2940. The monoisotopic (exact) mass is 1110 g/mol. The number of aryl methyl sites for hydroxylation is 1. The summed E-state index contributed by atoms with van der Waals surface area (Å²) in [5.41, 5.74) is 16.3. The molecule has 3 aliphatic heterocycles. The van der Waals surface area contributed by atoms with Crippen molar-refractivity contribution in [3.05, 3.63) is 124 Å². The van der Waals surface area contributed by atoms with Crippen LogP contribution in [-0.2, 0) is 32.1 Å². The first kappa shape index (κ1) is 58.6. The van der Waals surface area contributed by atoms with Crippen LogP contribution >= 0.6 is 23.7 Å². The number of guanidine groups is 1. The van der Waals surface area contributed by atoms with Crippen molar-refractivity contribution in [1.82, 2.24) is 30.3 Å². The van der Waals surface area contributed by atoms with E-state index in [1.165, 1.54) is 4.90 Å². The van der Waals surface area contributed by atoms with Crippen molar-refractivity contribution in [3.63, 3.8) is 0 Å². The number of aliphatic hydroxyl groups is 1. The van der Waals surface area contributed by atoms with E-state index in [4.69, 9.17) is 11.5 Å². The van der Waals surface area contributed by atoms with Crippen LogP contribution in [0.1, 0.15) is 67.2 Å². The van der Waals surface area contributed by atoms with Gasteiger partial charge in [0, 0.05) is 75.4 Å². The number of benzene rings is 4. The molecule has 18 nitrogen and oxygen atoms in total. The van der Waals surface area contributed by atoms with Gasteiger partial charge in [-0.1, -0.05) is 57.2 Å². The second-order valence-corrected chi connectivity index (χ2v) is 22.0. The number of hydrogen-bond acceptors (Lipinski definition) is 12. The fourth-order valence-electron chi connectivity index (χ4n) is 10.1. The minimum Gasteiger partial charge on any atom is -0.391 e. The van der Waals surface area contributed by atoms with E-state index in [0.717, 1.165) is 92.1 Å². The summed E-state index contributed by atoms with van der Waals surface area (Å²) in [6, 6.07) is 21.8. The lowest BCUT2D eigenvalue weighted by atomic mass is 9.85. The number of nitrogens with two attached hydrogens (primary N) is 2. The smallest absolute Gasteiger partial charge is 0.258 e. The molecule has 3 saturated heterocycles. The Labute approximate surface area is 463 Å². The highest BCUT2D eigenvalue weighted by atomic mass is 35.5. The Morgan fingerprint density at radius 3 is 2.09 bits per heavy atom. The van der Waals surface area contributed by atoms with Crippen LogP contribution < -0.4 is 37.6 Å². The second-order valence-electron chi connectivity index (χ2n) is 21.2. The first-order chi connectivity index (χ1) is 36.8. The number of nitrogens with one attached hydrogen (secondary N) is 4. The van der Waals surface area contributed by atoms with Crippen LogP contribution in [0.3, 0.4) is 0 Å². The molecule has 78 heavy (non-hydrogen) atoms. The third kappa shape index (κ3) is 15.4. The van der Waals surface area contributed by atoms with E-state index in [2.05, 4.69) is 45.9 Å². The van der Waals surface area contributed by atoms with E-state index < -0.39 is 58.4 Å². The van der Waals surface area contributed by atoms with Crippen LogP contribution in [0, 0.1) is 29.9 Å². The lowest BCUT2D eigenvalue weighted by molar-refractivity contribution is -0.144. The minimum absolute atomic E-state index is 0. The van der Waals surface area contributed by atoms with Crippen molar-refractivity contribution < 1.29 is 37.9 Å². The molecule has 416 valence electrons. The van der Waals surface area contributed by atoms with Gasteiger partial charge in [0.15, 0.2) is 5.96 Å². The Morgan fingerprint density at radius 1 is 0.821 bits per heavy atom. The highest BCUT2D eigenvalue weighted by molar-refractivity contribution is 7.13. The van der Waals surface area contributed by atoms with Gasteiger partial charge in [0.05, 0.1) is 40.7 Å². The molecule has 1 aromatic heterocycles. The highest BCUT2D eigenvalue weighted by Gasteiger charge is 2.44. The Balaban J connectivity index is 0.00000882. The molecule has 0 aliphatic carbocycles. The normalized spacial score (nSPS) is 17.6. The summed E-state index contributed by atoms with van der Waals surface area (Å²) in [6.07, 6.45) is 1.24. The fraction of sp³-hybridized carbons (Fsp3) is 0.411. The van der Waals surface area contributed by atoms with Gasteiger partial charge in [-0.15, -0.1) is 23.7 Å². The fourth-order valence-corrected chi connectivity index (χ4v) is 10.9. The molecule has 3 atom stereocenters. The number of rotatable bonds is 17. The molecular formula is C56H69ClF2N12O6S. The number of anilines is 3. The van der Waals surface area contributed by atoms with E-state index in [1.54, 1.807) is 35.6 Å². The summed E-state index contributed by atoms with van der Waals surface area (Å²) >= 11 is 1.58. The first-order valence-corrected chi connectivity index (χ1v) is 26.8. The third-order valence-corrected chi connectivity index (χ3v) is 15.3. The van der Waals surface area contributed by atoms with Gasteiger partial charge in [0.25, 0.3) is 5.91 Å². The van der Waals surface area contributed by atoms with E-state index in [1.807, 2.05) is 81.7 Å². The molecular weight excluding hydrogens is 1040 g/mol. The number of hydrogen-bond donors (Lipinski definition) is 7. The maximum atomic E-state index is 14.6. The van der Waals surface area contributed by atoms with Gasteiger partial charge in [-0.25, -0.2) is 18.8 Å². The maximum Gasteiger partial charge on any atom is 0.258 e. The van der Waals surface area contributed by atoms with Crippen molar-refractivity contribution in [1.29, 1.82) is 0 Å². The molecule has 22 heteroatoms. The number of carbonyl (C=O) groups is 5. The average molecular weight is 1110 g/mol. The van der Waals surface area contributed by atoms with Crippen LogP contribution in [0.5, 0.6) is 0 Å². The van der Waals surface area contributed by atoms with E-state index in [0.29, 0.717) is 28.9 Å². The zero-order valence-corrected chi connectivity index (χ0v) is 45.9. The largest absolute Gasteiger partial charge is 0.391 e. The Kier molecular flexibility index (Phi) is 19.6. The number of amides is 5. The second kappa shape index (κ2) is 26.1. The van der Waals surface area contributed by atoms with Gasteiger partial charge >= 0.3 is 0 Å². The minimum atomic E-state index is -1.00. The molecule has 0 spiro atoms. The molecule has 3 fully saturated rings. The predicted molar refractivity (Wildman–Crippen MR) is 302 cm³/mol. The molecule has 4 heterocycles. The Morgan fingerprint density at radius 2 is 1.46 bits per heavy atom. The van der Waals surface area contributed by atoms with Gasteiger partial charge in [0.2, 0.25) is 23.6 Å². The first-order valence-electron chi connectivity index (χ1n) is 25.9. The Hall–Kier alpha value is -7.04. The summed E-state index contributed by atoms with van der Waals surface area (Å²) in [4.78, 5) is 84.3. The van der Waals surface area contributed by atoms with E-state index in [-0.39, 0.29) is 68.5 Å². The SMILES string of the molecule is Cc1ncsc1-c1ccc(CNC(=O)[C@@H]2C[C@@H](O)CN2C(=O)[C@@H](NC(=O)CN2CCC(CN3CCN(c4ccc(NC(=O)Cc5ccc(NC(=O)c6cc(F)c(N=C(N)N)cc6F)cc5)cc4)CC3)CC2)C(C)(C)C)cc1.Cl. The molecule has 5 aromatic rings. The molecule has 4 aromatic carbocycles. The summed E-state index contributed by atoms with van der Waals surface area (Å²) in [5.74, 6) is -4.01. The van der Waals surface area contributed by atoms with Gasteiger partial charge < -0.3 is 47.6 Å².